The molecule has 0 saturated heterocycles. The van der Waals surface area contributed by atoms with Gasteiger partial charge in [-0.2, -0.15) is 0 Å². The SMILES string of the molecule is Cc1ccc(N)cc1C(=O)N(C)C(C)C1(C)CC1. The van der Waals surface area contributed by atoms with E-state index < -0.39 is 0 Å². The molecule has 0 heterocycles. The van der Waals surface area contributed by atoms with Crippen LogP contribution in [0.3, 0.4) is 0 Å². The Hall–Kier alpha value is -1.51. The van der Waals surface area contributed by atoms with Crippen LogP contribution >= 0.6 is 0 Å². The van der Waals surface area contributed by atoms with Crippen molar-refractivity contribution in [2.24, 2.45) is 5.41 Å². The summed E-state index contributed by atoms with van der Waals surface area (Å²) in [6, 6.07) is 5.78. The summed E-state index contributed by atoms with van der Waals surface area (Å²) in [6.07, 6.45) is 2.42. The Morgan fingerprint density at radius 2 is 2.06 bits per heavy atom. The molecular formula is C15H22N2O. The van der Waals surface area contributed by atoms with Gasteiger partial charge < -0.3 is 10.6 Å². The van der Waals surface area contributed by atoms with Gasteiger partial charge in [0, 0.05) is 24.3 Å². The normalized spacial score (nSPS) is 18.2. The summed E-state index contributed by atoms with van der Waals surface area (Å²) >= 11 is 0. The summed E-state index contributed by atoms with van der Waals surface area (Å²) in [7, 11) is 1.89. The van der Waals surface area contributed by atoms with E-state index in [2.05, 4.69) is 13.8 Å². The third-order valence-corrected chi connectivity index (χ3v) is 4.44. The zero-order valence-corrected chi connectivity index (χ0v) is 11.7. The van der Waals surface area contributed by atoms with Gasteiger partial charge in [-0.15, -0.1) is 0 Å². The molecule has 0 aromatic heterocycles. The Bertz CT molecular complexity index is 477. The molecule has 0 bridgehead atoms. The summed E-state index contributed by atoms with van der Waals surface area (Å²) in [4.78, 5) is 14.4. The summed E-state index contributed by atoms with van der Waals surface area (Å²) in [5.74, 6) is 0.0698. The molecule has 1 aliphatic rings. The maximum Gasteiger partial charge on any atom is 0.254 e. The topological polar surface area (TPSA) is 46.3 Å². The van der Waals surface area contributed by atoms with E-state index in [4.69, 9.17) is 5.73 Å². The molecule has 1 fully saturated rings. The fourth-order valence-corrected chi connectivity index (χ4v) is 2.32. The largest absolute Gasteiger partial charge is 0.399 e. The third kappa shape index (κ3) is 2.22. The van der Waals surface area contributed by atoms with Gasteiger partial charge in [0.2, 0.25) is 0 Å². The highest BCUT2D eigenvalue weighted by Crippen LogP contribution is 2.49. The van der Waals surface area contributed by atoms with Crippen molar-refractivity contribution in [3.8, 4) is 0 Å². The quantitative estimate of drug-likeness (QED) is 0.834. The van der Waals surface area contributed by atoms with Crippen molar-refractivity contribution in [1.82, 2.24) is 4.90 Å². The lowest BCUT2D eigenvalue weighted by Crippen LogP contribution is -2.40. The number of benzene rings is 1. The van der Waals surface area contributed by atoms with Crippen LogP contribution in [0.1, 0.15) is 42.6 Å². The van der Waals surface area contributed by atoms with Crippen LogP contribution in [-0.4, -0.2) is 23.9 Å². The van der Waals surface area contributed by atoms with E-state index in [-0.39, 0.29) is 11.9 Å². The Balaban J connectivity index is 2.22. The summed E-state index contributed by atoms with van der Waals surface area (Å²) in [5, 5.41) is 0. The Kier molecular flexibility index (Phi) is 3.09. The number of anilines is 1. The number of rotatable bonds is 3. The van der Waals surface area contributed by atoms with Gasteiger partial charge >= 0.3 is 0 Å². The van der Waals surface area contributed by atoms with Crippen molar-refractivity contribution in [3.05, 3.63) is 29.3 Å². The third-order valence-electron chi connectivity index (χ3n) is 4.44. The number of nitrogens with two attached hydrogens (primary N) is 1. The molecule has 0 aliphatic heterocycles. The second-order valence-corrected chi connectivity index (χ2v) is 5.82. The minimum atomic E-state index is 0.0698. The molecule has 18 heavy (non-hydrogen) atoms. The number of hydrogen-bond acceptors (Lipinski definition) is 2. The standard InChI is InChI=1S/C15H22N2O/c1-10-5-6-12(16)9-13(10)14(18)17(4)11(2)15(3)7-8-15/h5-6,9,11H,7-8,16H2,1-4H3. The van der Waals surface area contributed by atoms with E-state index in [9.17, 15) is 4.79 Å². The molecule has 2 rings (SSSR count). The van der Waals surface area contributed by atoms with Crippen LogP contribution in [0.5, 0.6) is 0 Å². The molecule has 3 heteroatoms. The van der Waals surface area contributed by atoms with Crippen molar-refractivity contribution in [2.75, 3.05) is 12.8 Å². The van der Waals surface area contributed by atoms with Gasteiger partial charge in [0.25, 0.3) is 5.91 Å². The molecule has 2 N–H and O–H groups in total. The summed E-state index contributed by atoms with van der Waals surface area (Å²) < 4.78 is 0. The lowest BCUT2D eigenvalue weighted by molar-refractivity contribution is 0.0684. The first-order chi connectivity index (χ1) is 8.35. The Morgan fingerprint density at radius 3 is 2.61 bits per heavy atom. The van der Waals surface area contributed by atoms with Crippen molar-refractivity contribution < 1.29 is 4.79 Å². The maximum absolute atomic E-state index is 12.5. The second kappa shape index (κ2) is 4.30. The van der Waals surface area contributed by atoms with E-state index in [1.807, 2.05) is 31.0 Å². The van der Waals surface area contributed by atoms with Crippen molar-refractivity contribution >= 4 is 11.6 Å². The molecule has 3 nitrogen and oxygen atoms in total. The van der Waals surface area contributed by atoms with E-state index in [1.165, 1.54) is 12.8 Å². The zero-order chi connectivity index (χ0) is 13.5. The van der Waals surface area contributed by atoms with Gasteiger partial charge in [-0.05, 0) is 49.8 Å². The molecule has 1 amide bonds. The van der Waals surface area contributed by atoms with Gasteiger partial charge in [0.05, 0.1) is 0 Å². The molecule has 0 radical (unpaired) electrons. The molecule has 1 aliphatic carbocycles. The van der Waals surface area contributed by atoms with Crippen LogP contribution in [0.2, 0.25) is 0 Å². The molecule has 1 aromatic carbocycles. The fourth-order valence-electron chi connectivity index (χ4n) is 2.32. The molecular weight excluding hydrogens is 224 g/mol. The van der Waals surface area contributed by atoms with Crippen LogP contribution in [0, 0.1) is 12.3 Å². The number of amides is 1. The highest BCUT2D eigenvalue weighted by Gasteiger charge is 2.45. The molecule has 1 aromatic rings. The van der Waals surface area contributed by atoms with Crippen LogP contribution in [-0.2, 0) is 0 Å². The highest BCUT2D eigenvalue weighted by atomic mass is 16.2. The lowest BCUT2D eigenvalue weighted by atomic mass is 9.98. The van der Waals surface area contributed by atoms with Crippen LogP contribution in [0.15, 0.2) is 18.2 Å². The second-order valence-electron chi connectivity index (χ2n) is 5.82. The Labute approximate surface area is 109 Å². The molecule has 1 saturated carbocycles. The van der Waals surface area contributed by atoms with Gasteiger partial charge in [0.15, 0.2) is 0 Å². The number of carbonyl (C=O) groups is 1. The van der Waals surface area contributed by atoms with Crippen LogP contribution < -0.4 is 5.73 Å². The maximum atomic E-state index is 12.5. The van der Waals surface area contributed by atoms with Gasteiger partial charge in [-0.25, -0.2) is 0 Å². The van der Waals surface area contributed by atoms with E-state index >= 15 is 0 Å². The minimum Gasteiger partial charge on any atom is -0.399 e. The van der Waals surface area contributed by atoms with E-state index in [0.717, 1.165) is 5.56 Å². The number of nitrogen functional groups attached to an aromatic ring is 1. The zero-order valence-electron chi connectivity index (χ0n) is 11.7. The fraction of sp³-hybridized carbons (Fsp3) is 0.533. The lowest BCUT2D eigenvalue weighted by Gasteiger charge is -2.30. The highest BCUT2D eigenvalue weighted by molar-refractivity contribution is 5.96. The summed E-state index contributed by atoms with van der Waals surface area (Å²) in [5.41, 5.74) is 8.41. The number of hydrogen-bond donors (Lipinski definition) is 1. The number of carbonyl (C=O) groups excluding carboxylic acids is 1. The first-order valence-electron chi connectivity index (χ1n) is 6.48. The van der Waals surface area contributed by atoms with E-state index in [0.29, 0.717) is 16.7 Å². The molecule has 0 spiro atoms. The molecule has 1 atom stereocenters. The van der Waals surface area contributed by atoms with Gasteiger partial charge in [-0.3, -0.25) is 4.79 Å². The van der Waals surface area contributed by atoms with Crippen molar-refractivity contribution in [1.29, 1.82) is 0 Å². The monoisotopic (exact) mass is 246 g/mol. The number of nitrogens with zero attached hydrogens (tertiary/aromatic N) is 1. The average Bonchev–Trinajstić information content (AvgIpc) is 3.09. The summed E-state index contributed by atoms with van der Waals surface area (Å²) in [6.45, 7) is 6.32. The smallest absolute Gasteiger partial charge is 0.254 e. The average molecular weight is 246 g/mol. The van der Waals surface area contributed by atoms with Crippen molar-refractivity contribution in [3.63, 3.8) is 0 Å². The molecule has 98 valence electrons. The minimum absolute atomic E-state index is 0.0698. The van der Waals surface area contributed by atoms with Gasteiger partial charge in [-0.1, -0.05) is 13.0 Å². The first kappa shape index (κ1) is 12.9. The predicted octanol–water partition coefficient (Wildman–Crippen LogP) is 2.84. The van der Waals surface area contributed by atoms with Gasteiger partial charge in [0.1, 0.15) is 0 Å². The first-order valence-corrected chi connectivity index (χ1v) is 6.48. The number of aryl methyl sites for hydroxylation is 1. The van der Waals surface area contributed by atoms with Crippen LogP contribution in [0.4, 0.5) is 5.69 Å². The predicted molar refractivity (Wildman–Crippen MR) is 74.5 cm³/mol. The Morgan fingerprint density at radius 1 is 1.44 bits per heavy atom. The van der Waals surface area contributed by atoms with Crippen molar-refractivity contribution in [2.45, 2.75) is 39.7 Å². The van der Waals surface area contributed by atoms with E-state index in [1.54, 1.807) is 6.07 Å². The molecule has 1 unspecified atom stereocenters. The van der Waals surface area contributed by atoms with Crippen LogP contribution in [0.25, 0.3) is 0 Å².